The van der Waals surface area contributed by atoms with Crippen LogP contribution in [0, 0.1) is 28.6 Å². The molecule has 0 aromatic rings. The molecule has 0 fully saturated rings. The lowest BCUT2D eigenvalue weighted by atomic mass is 9.94. The largest absolute Gasteiger partial charge is 0.303 e. The number of hydrogen-bond acceptors (Lipinski definition) is 3. The molecular weight excluding hydrogens is 198 g/mol. The van der Waals surface area contributed by atoms with Crippen molar-refractivity contribution >= 4 is 0 Å². The van der Waals surface area contributed by atoms with E-state index < -0.39 is 0 Å². The molecule has 3 nitrogen and oxygen atoms in total. The fraction of sp³-hybridized carbons (Fsp3) is 0.385. The van der Waals surface area contributed by atoms with Crippen LogP contribution in [0.4, 0.5) is 0 Å². The van der Waals surface area contributed by atoms with Gasteiger partial charge in [-0.25, -0.2) is 0 Å². The summed E-state index contributed by atoms with van der Waals surface area (Å²) in [7, 11) is 4.03. The van der Waals surface area contributed by atoms with Gasteiger partial charge in [-0.05, 0) is 32.7 Å². The van der Waals surface area contributed by atoms with Crippen LogP contribution in [0.5, 0.6) is 0 Å². The van der Waals surface area contributed by atoms with Gasteiger partial charge in [-0.2, -0.15) is 10.5 Å². The molecule has 0 amide bonds. The van der Waals surface area contributed by atoms with Crippen LogP contribution in [0.15, 0.2) is 35.5 Å². The Balaban J connectivity index is 2.90. The summed E-state index contributed by atoms with van der Waals surface area (Å²) in [4.78, 5) is 2.11. The summed E-state index contributed by atoms with van der Waals surface area (Å²) in [6, 6.07) is 4.09. The number of likely N-dealkylation sites (N-methyl/N-ethyl adjacent to an activating group) is 1. The highest BCUT2D eigenvalue weighted by atomic mass is 15.1. The van der Waals surface area contributed by atoms with Crippen LogP contribution in [0.2, 0.25) is 0 Å². The van der Waals surface area contributed by atoms with Gasteiger partial charge in [0.25, 0.3) is 0 Å². The van der Waals surface area contributed by atoms with Crippen molar-refractivity contribution in [2.24, 2.45) is 5.92 Å². The molecule has 3 heteroatoms. The highest BCUT2D eigenvalue weighted by Crippen LogP contribution is 2.26. The molecule has 1 aliphatic rings. The second-order valence-corrected chi connectivity index (χ2v) is 4.02. The lowest BCUT2D eigenvalue weighted by Gasteiger charge is -2.24. The summed E-state index contributed by atoms with van der Waals surface area (Å²) in [5.74, 6) is 0.0756. The predicted octanol–water partition coefficient (Wildman–Crippen LogP) is 2.02. The maximum atomic E-state index is 8.73. The molecule has 1 rings (SSSR count). The number of allylic oxidation sites excluding steroid dienone is 5. The van der Waals surface area contributed by atoms with Gasteiger partial charge >= 0.3 is 0 Å². The third kappa shape index (κ3) is 2.59. The van der Waals surface area contributed by atoms with E-state index in [0.29, 0.717) is 6.04 Å². The number of nitriles is 2. The molecular formula is C13H15N3. The van der Waals surface area contributed by atoms with Crippen LogP contribution in [-0.2, 0) is 0 Å². The van der Waals surface area contributed by atoms with Crippen molar-refractivity contribution in [2.45, 2.75) is 13.0 Å². The standard InChI is InChI=1S/C13H15N3/c1-10(16(2)3)13-6-4-5-12(13)7-11(8-14)9-15/h4-7,10,12H,1-3H3/t10-,12?/m0/s1. The van der Waals surface area contributed by atoms with Gasteiger partial charge in [0.15, 0.2) is 0 Å². The zero-order chi connectivity index (χ0) is 12.1. The minimum atomic E-state index is 0.0756. The molecule has 1 aliphatic carbocycles. The second kappa shape index (κ2) is 5.30. The lowest BCUT2D eigenvalue weighted by Crippen LogP contribution is -2.28. The van der Waals surface area contributed by atoms with Crippen LogP contribution in [0.25, 0.3) is 0 Å². The van der Waals surface area contributed by atoms with Crippen LogP contribution >= 0.6 is 0 Å². The molecule has 0 heterocycles. The highest BCUT2D eigenvalue weighted by molar-refractivity contribution is 5.42. The number of hydrogen-bond donors (Lipinski definition) is 0. The molecule has 2 atom stereocenters. The van der Waals surface area contributed by atoms with E-state index in [1.54, 1.807) is 6.08 Å². The van der Waals surface area contributed by atoms with Crippen molar-refractivity contribution in [2.75, 3.05) is 14.1 Å². The van der Waals surface area contributed by atoms with E-state index in [0.717, 1.165) is 0 Å². The molecule has 0 bridgehead atoms. The van der Waals surface area contributed by atoms with Crippen molar-refractivity contribution in [3.8, 4) is 12.1 Å². The van der Waals surface area contributed by atoms with Gasteiger partial charge in [0.2, 0.25) is 0 Å². The first kappa shape index (κ1) is 12.2. The van der Waals surface area contributed by atoms with Crippen LogP contribution in [0.3, 0.4) is 0 Å². The zero-order valence-corrected chi connectivity index (χ0v) is 9.81. The van der Waals surface area contributed by atoms with E-state index in [2.05, 4.69) is 17.9 Å². The van der Waals surface area contributed by atoms with Gasteiger partial charge in [-0.3, -0.25) is 0 Å². The van der Waals surface area contributed by atoms with E-state index in [9.17, 15) is 0 Å². The van der Waals surface area contributed by atoms with E-state index in [1.807, 2.05) is 38.4 Å². The molecule has 0 spiro atoms. The summed E-state index contributed by atoms with van der Waals surface area (Å²) >= 11 is 0. The van der Waals surface area contributed by atoms with Gasteiger partial charge in [0, 0.05) is 12.0 Å². The van der Waals surface area contributed by atoms with E-state index in [4.69, 9.17) is 10.5 Å². The van der Waals surface area contributed by atoms with Crippen molar-refractivity contribution in [1.29, 1.82) is 10.5 Å². The highest BCUT2D eigenvalue weighted by Gasteiger charge is 2.20. The Hall–Kier alpha value is -1.84. The smallest absolute Gasteiger partial charge is 0.126 e. The Morgan fingerprint density at radius 3 is 2.56 bits per heavy atom. The SMILES string of the molecule is C[C@@H](C1=CC=CC1C=C(C#N)C#N)N(C)C. The predicted molar refractivity (Wildman–Crippen MR) is 63.2 cm³/mol. The Bertz CT molecular complexity index is 411. The molecule has 0 saturated heterocycles. The maximum Gasteiger partial charge on any atom is 0.126 e. The Morgan fingerprint density at radius 1 is 1.44 bits per heavy atom. The first-order valence-corrected chi connectivity index (χ1v) is 5.17. The summed E-state index contributed by atoms with van der Waals surface area (Å²) < 4.78 is 0. The van der Waals surface area contributed by atoms with Gasteiger partial charge in [-0.15, -0.1) is 0 Å². The fourth-order valence-electron chi connectivity index (χ4n) is 1.66. The van der Waals surface area contributed by atoms with Crippen molar-refractivity contribution in [3.63, 3.8) is 0 Å². The summed E-state index contributed by atoms with van der Waals surface area (Å²) in [5, 5.41) is 17.5. The molecule has 82 valence electrons. The zero-order valence-electron chi connectivity index (χ0n) is 9.81. The Labute approximate surface area is 96.6 Å². The van der Waals surface area contributed by atoms with Crippen molar-refractivity contribution < 1.29 is 0 Å². The average Bonchev–Trinajstić information content (AvgIpc) is 2.72. The fourth-order valence-corrected chi connectivity index (χ4v) is 1.66. The van der Waals surface area contributed by atoms with E-state index >= 15 is 0 Å². The van der Waals surface area contributed by atoms with Gasteiger partial charge in [-0.1, -0.05) is 18.2 Å². The first-order valence-electron chi connectivity index (χ1n) is 5.17. The first-order chi connectivity index (χ1) is 7.60. The molecule has 0 aromatic carbocycles. The number of nitrogens with zero attached hydrogens (tertiary/aromatic N) is 3. The molecule has 0 N–H and O–H groups in total. The minimum absolute atomic E-state index is 0.0756. The normalized spacial score (nSPS) is 19.9. The van der Waals surface area contributed by atoms with Gasteiger partial charge in [0.05, 0.1) is 0 Å². The molecule has 0 radical (unpaired) electrons. The molecule has 0 saturated carbocycles. The van der Waals surface area contributed by atoms with E-state index in [-0.39, 0.29) is 11.5 Å². The van der Waals surface area contributed by atoms with E-state index in [1.165, 1.54) is 5.57 Å². The quantitative estimate of drug-likeness (QED) is 0.674. The summed E-state index contributed by atoms with van der Waals surface area (Å²) in [5.41, 5.74) is 1.39. The summed E-state index contributed by atoms with van der Waals surface area (Å²) in [6.45, 7) is 2.11. The average molecular weight is 213 g/mol. The molecule has 1 unspecified atom stereocenters. The van der Waals surface area contributed by atoms with Crippen LogP contribution in [-0.4, -0.2) is 25.0 Å². The molecule has 0 aliphatic heterocycles. The van der Waals surface area contributed by atoms with Crippen LogP contribution in [0.1, 0.15) is 6.92 Å². The molecule has 16 heavy (non-hydrogen) atoms. The Kier molecular flexibility index (Phi) is 4.05. The number of rotatable bonds is 3. The third-order valence-electron chi connectivity index (χ3n) is 2.84. The topological polar surface area (TPSA) is 50.8 Å². The van der Waals surface area contributed by atoms with Crippen LogP contribution < -0.4 is 0 Å². The monoisotopic (exact) mass is 213 g/mol. The lowest BCUT2D eigenvalue weighted by molar-refractivity contribution is 0.342. The van der Waals surface area contributed by atoms with Crippen molar-refractivity contribution in [3.05, 3.63) is 35.5 Å². The third-order valence-corrected chi connectivity index (χ3v) is 2.84. The second-order valence-electron chi connectivity index (χ2n) is 4.02. The van der Waals surface area contributed by atoms with Gasteiger partial charge < -0.3 is 4.90 Å². The summed E-state index contributed by atoms with van der Waals surface area (Å²) in [6.07, 6.45) is 7.75. The maximum absolute atomic E-state index is 8.73. The van der Waals surface area contributed by atoms with Gasteiger partial charge in [0.1, 0.15) is 17.7 Å². The minimum Gasteiger partial charge on any atom is -0.303 e. The van der Waals surface area contributed by atoms with Crippen molar-refractivity contribution in [1.82, 2.24) is 4.90 Å². The Morgan fingerprint density at radius 2 is 2.06 bits per heavy atom. The molecule has 0 aromatic heterocycles.